The van der Waals surface area contributed by atoms with Gasteiger partial charge in [-0.1, -0.05) is 18.2 Å². The van der Waals surface area contributed by atoms with E-state index in [-0.39, 0.29) is 18.1 Å². The molecule has 1 aliphatic carbocycles. The highest BCUT2D eigenvalue weighted by Gasteiger charge is 2.23. The number of pyridine rings is 1. The number of nitrogens with one attached hydrogen (secondary N) is 1. The molecule has 1 fully saturated rings. The molecule has 0 spiro atoms. The van der Waals surface area contributed by atoms with E-state index in [2.05, 4.69) is 10.3 Å². The van der Waals surface area contributed by atoms with Gasteiger partial charge in [0.2, 0.25) is 11.8 Å². The zero-order chi connectivity index (χ0) is 19.1. The van der Waals surface area contributed by atoms with Gasteiger partial charge >= 0.3 is 0 Å². The van der Waals surface area contributed by atoms with Gasteiger partial charge in [0, 0.05) is 24.4 Å². The predicted octanol–water partition coefficient (Wildman–Crippen LogP) is 3.92. The number of aryl methyl sites for hydroxylation is 1. The first-order valence-corrected chi connectivity index (χ1v) is 9.34. The van der Waals surface area contributed by atoms with E-state index in [1.54, 1.807) is 13.2 Å². The van der Waals surface area contributed by atoms with Crippen LogP contribution in [0.25, 0.3) is 6.08 Å². The number of aromatic nitrogens is 1. The van der Waals surface area contributed by atoms with Gasteiger partial charge in [-0.25, -0.2) is 4.98 Å². The Bertz CT molecular complexity index is 761. The summed E-state index contributed by atoms with van der Waals surface area (Å²) in [6, 6.07) is 11.7. The first-order chi connectivity index (χ1) is 13.1. The van der Waals surface area contributed by atoms with Crippen molar-refractivity contribution in [2.75, 3.05) is 7.11 Å². The maximum Gasteiger partial charge on any atom is 0.244 e. The summed E-state index contributed by atoms with van der Waals surface area (Å²) < 4.78 is 11.1. The lowest BCUT2D eigenvalue weighted by Crippen LogP contribution is -2.39. The lowest BCUT2D eigenvalue weighted by atomic mass is 9.93. The number of carbonyl (C=O) groups is 1. The van der Waals surface area contributed by atoms with E-state index in [4.69, 9.17) is 9.47 Å². The Morgan fingerprint density at radius 2 is 1.85 bits per heavy atom. The molecule has 1 heterocycles. The number of benzene rings is 1. The van der Waals surface area contributed by atoms with Crippen LogP contribution < -0.4 is 14.8 Å². The van der Waals surface area contributed by atoms with E-state index >= 15 is 0 Å². The Hall–Kier alpha value is -2.82. The van der Waals surface area contributed by atoms with Crippen LogP contribution in [0.1, 0.15) is 36.8 Å². The molecule has 5 nitrogen and oxygen atoms in total. The molecule has 0 unspecified atom stereocenters. The van der Waals surface area contributed by atoms with Crippen LogP contribution in [0.4, 0.5) is 0 Å². The summed E-state index contributed by atoms with van der Waals surface area (Å²) in [5.74, 6) is 1.42. The summed E-state index contributed by atoms with van der Waals surface area (Å²) in [4.78, 5) is 16.4. The number of amides is 1. The topological polar surface area (TPSA) is 60.5 Å². The number of carbonyl (C=O) groups excluding carboxylic acids is 1. The molecule has 1 amide bonds. The molecule has 1 saturated carbocycles. The standard InChI is InChI=1S/C22H26N2O3/c1-16-3-14-22(23-15-16)27-20-11-7-18(8-12-20)24-21(25)13-6-17-4-9-19(26-2)10-5-17/h3-6,9-10,13-15,18,20H,7-8,11-12H2,1-2H3,(H,24,25)/b13-6+. The van der Waals surface area contributed by atoms with Crippen LogP contribution in [0.2, 0.25) is 0 Å². The maximum atomic E-state index is 12.1. The third-order valence-corrected chi connectivity index (χ3v) is 4.74. The number of hydrogen-bond donors (Lipinski definition) is 1. The van der Waals surface area contributed by atoms with Crippen molar-refractivity contribution in [1.82, 2.24) is 10.3 Å². The molecular formula is C22H26N2O3. The van der Waals surface area contributed by atoms with Gasteiger partial charge in [-0.15, -0.1) is 0 Å². The third-order valence-electron chi connectivity index (χ3n) is 4.74. The molecule has 0 atom stereocenters. The first-order valence-electron chi connectivity index (χ1n) is 9.34. The summed E-state index contributed by atoms with van der Waals surface area (Å²) in [7, 11) is 1.63. The van der Waals surface area contributed by atoms with Crippen molar-refractivity contribution in [3.8, 4) is 11.6 Å². The third kappa shape index (κ3) is 5.84. The second kappa shape index (κ2) is 9.21. The van der Waals surface area contributed by atoms with Crippen molar-refractivity contribution in [1.29, 1.82) is 0 Å². The number of methoxy groups -OCH3 is 1. The van der Waals surface area contributed by atoms with E-state index in [9.17, 15) is 4.79 Å². The molecular weight excluding hydrogens is 340 g/mol. The van der Waals surface area contributed by atoms with Crippen LogP contribution in [-0.4, -0.2) is 30.1 Å². The van der Waals surface area contributed by atoms with E-state index in [1.807, 2.05) is 55.6 Å². The second-order valence-corrected chi connectivity index (χ2v) is 6.88. The summed E-state index contributed by atoms with van der Waals surface area (Å²) in [6.45, 7) is 2.01. The molecule has 142 valence electrons. The van der Waals surface area contributed by atoms with Crippen molar-refractivity contribution >= 4 is 12.0 Å². The Balaban J connectivity index is 1.42. The number of rotatable bonds is 6. The average Bonchev–Trinajstić information content (AvgIpc) is 2.70. The predicted molar refractivity (Wildman–Crippen MR) is 106 cm³/mol. The van der Waals surface area contributed by atoms with Crippen LogP contribution in [0.15, 0.2) is 48.7 Å². The highest BCUT2D eigenvalue weighted by molar-refractivity contribution is 5.91. The Labute approximate surface area is 160 Å². The lowest BCUT2D eigenvalue weighted by molar-refractivity contribution is -0.117. The molecule has 1 aromatic heterocycles. The molecule has 5 heteroatoms. The van der Waals surface area contributed by atoms with Crippen molar-refractivity contribution in [3.05, 3.63) is 59.8 Å². The van der Waals surface area contributed by atoms with E-state index in [1.165, 1.54) is 0 Å². The van der Waals surface area contributed by atoms with Crippen LogP contribution >= 0.6 is 0 Å². The monoisotopic (exact) mass is 366 g/mol. The van der Waals surface area contributed by atoms with E-state index < -0.39 is 0 Å². The van der Waals surface area contributed by atoms with Gasteiger partial charge in [-0.3, -0.25) is 4.79 Å². The Kier molecular flexibility index (Phi) is 6.47. The summed E-state index contributed by atoms with van der Waals surface area (Å²) in [5.41, 5.74) is 2.09. The van der Waals surface area contributed by atoms with Crippen molar-refractivity contribution in [2.24, 2.45) is 0 Å². The fourth-order valence-corrected chi connectivity index (χ4v) is 3.16. The molecule has 27 heavy (non-hydrogen) atoms. The zero-order valence-corrected chi connectivity index (χ0v) is 15.9. The smallest absolute Gasteiger partial charge is 0.244 e. The van der Waals surface area contributed by atoms with Gasteiger partial charge in [0.05, 0.1) is 7.11 Å². The van der Waals surface area contributed by atoms with Crippen molar-refractivity contribution in [3.63, 3.8) is 0 Å². The van der Waals surface area contributed by atoms with Gasteiger partial charge in [-0.05, 0) is 61.9 Å². The van der Waals surface area contributed by atoms with Gasteiger partial charge in [-0.2, -0.15) is 0 Å². The largest absolute Gasteiger partial charge is 0.497 e. The molecule has 0 saturated heterocycles. The van der Waals surface area contributed by atoms with Gasteiger partial charge in [0.1, 0.15) is 11.9 Å². The normalized spacial score (nSPS) is 19.6. The summed E-state index contributed by atoms with van der Waals surface area (Å²) in [6.07, 6.45) is 9.05. The van der Waals surface area contributed by atoms with E-state index in [0.717, 1.165) is 42.6 Å². The highest BCUT2D eigenvalue weighted by atomic mass is 16.5. The van der Waals surface area contributed by atoms with Gasteiger partial charge in [0.15, 0.2) is 0 Å². The number of hydrogen-bond acceptors (Lipinski definition) is 4. The molecule has 0 radical (unpaired) electrons. The maximum absolute atomic E-state index is 12.1. The summed E-state index contributed by atoms with van der Waals surface area (Å²) in [5, 5.41) is 3.08. The summed E-state index contributed by atoms with van der Waals surface area (Å²) >= 11 is 0. The SMILES string of the molecule is COc1ccc(/C=C/C(=O)NC2CCC(Oc3ccc(C)cn3)CC2)cc1. The molecule has 1 aromatic carbocycles. The minimum Gasteiger partial charge on any atom is -0.497 e. The van der Waals surface area contributed by atoms with Crippen LogP contribution in [0.3, 0.4) is 0 Å². The van der Waals surface area contributed by atoms with Gasteiger partial charge in [0.25, 0.3) is 0 Å². The van der Waals surface area contributed by atoms with Crippen LogP contribution in [0, 0.1) is 6.92 Å². The number of nitrogens with zero attached hydrogens (tertiary/aromatic N) is 1. The Morgan fingerprint density at radius 1 is 1.11 bits per heavy atom. The fraction of sp³-hybridized carbons (Fsp3) is 0.364. The fourth-order valence-electron chi connectivity index (χ4n) is 3.16. The quantitative estimate of drug-likeness (QED) is 0.787. The molecule has 0 bridgehead atoms. The van der Waals surface area contributed by atoms with Crippen molar-refractivity contribution in [2.45, 2.75) is 44.8 Å². The number of ether oxygens (including phenoxy) is 2. The molecule has 2 aromatic rings. The molecule has 3 rings (SSSR count). The zero-order valence-electron chi connectivity index (χ0n) is 15.9. The molecule has 1 N–H and O–H groups in total. The Morgan fingerprint density at radius 3 is 2.48 bits per heavy atom. The van der Waals surface area contributed by atoms with Gasteiger partial charge < -0.3 is 14.8 Å². The first kappa shape index (κ1) is 19.0. The molecule has 1 aliphatic rings. The minimum atomic E-state index is -0.0598. The minimum absolute atomic E-state index is 0.0598. The lowest BCUT2D eigenvalue weighted by Gasteiger charge is -2.28. The second-order valence-electron chi connectivity index (χ2n) is 6.88. The van der Waals surface area contributed by atoms with Crippen molar-refractivity contribution < 1.29 is 14.3 Å². The van der Waals surface area contributed by atoms with Crippen LogP contribution in [0.5, 0.6) is 11.6 Å². The average molecular weight is 366 g/mol. The van der Waals surface area contributed by atoms with E-state index in [0.29, 0.717) is 5.88 Å². The van der Waals surface area contributed by atoms with Crippen LogP contribution in [-0.2, 0) is 4.79 Å². The highest BCUT2D eigenvalue weighted by Crippen LogP contribution is 2.23. The molecule has 0 aliphatic heterocycles.